The number of hydrogen-bond donors (Lipinski definition) is 0. The molecule has 6 nitrogen and oxygen atoms in total. The predicted molar refractivity (Wildman–Crippen MR) is 93.0 cm³/mol. The van der Waals surface area contributed by atoms with Crippen LogP contribution in [-0.2, 0) is 0 Å². The van der Waals surface area contributed by atoms with Gasteiger partial charge in [-0.05, 0) is 30.2 Å². The van der Waals surface area contributed by atoms with Crippen molar-refractivity contribution in [1.82, 2.24) is 9.38 Å². The lowest BCUT2D eigenvalue weighted by Crippen LogP contribution is -2.15. The van der Waals surface area contributed by atoms with Gasteiger partial charge in [0, 0.05) is 24.4 Å². The summed E-state index contributed by atoms with van der Waals surface area (Å²) in [4.78, 5) is 26.9. The molecule has 0 N–H and O–H groups in total. The van der Waals surface area contributed by atoms with Gasteiger partial charge >= 0.3 is 0 Å². The topological polar surface area (TPSA) is 77.5 Å². The van der Waals surface area contributed by atoms with E-state index in [-0.39, 0.29) is 16.3 Å². The van der Waals surface area contributed by atoms with Gasteiger partial charge in [0.1, 0.15) is 5.65 Å². The second-order valence-corrected chi connectivity index (χ2v) is 5.67. The minimum atomic E-state index is -0.478. The highest BCUT2D eigenvalue weighted by molar-refractivity contribution is 6.51. The fourth-order valence-corrected chi connectivity index (χ4v) is 2.50. The van der Waals surface area contributed by atoms with Crippen LogP contribution < -0.4 is 5.56 Å². The summed E-state index contributed by atoms with van der Waals surface area (Å²) in [5.41, 5.74) is 2.02. The van der Waals surface area contributed by atoms with E-state index in [1.54, 1.807) is 30.5 Å². The third kappa shape index (κ3) is 3.18. The summed E-state index contributed by atoms with van der Waals surface area (Å²) in [5.74, 6) is 0. The van der Waals surface area contributed by atoms with E-state index in [0.717, 1.165) is 5.56 Å². The number of nitro benzene ring substituents is 1. The van der Waals surface area contributed by atoms with E-state index in [1.807, 2.05) is 13.0 Å². The van der Waals surface area contributed by atoms with Crippen LogP contribution in [-0.4, -0.2) is 14.3 Å². The fraction of sp³-hybridized carbons (Fsp3) is 0.0588. The maximum absolute atomic E-state index is 12.2. The summed E-state index contributed by atoms with van der Waals surface area (Å²) in [6, 6.07) is 11.0. The number of nitro groups is 1. The summed E-state index contributed by atoms with van der Waals surface area (Å²) >= 11 is 6.26. The number of benzene rings is 1. The Labute approximate surface area is 141 Å². The number of rotatable bonds is 3. The number of pyridine rings is 1. The summed E-state index contributed by atoms with van der Waals surface area (Å²) < 4.78 is 1.44. The van der Waals surface area contributed by atoms with Crippen molar-refractivity contribution in [1.29, 1.82) is 0 Å². The smallest absolute Gasteiger partial charge is 0.269 e. The Morgan fingerprint density at radius 1 is 1.29 bits per heavy atom. The number of non-ortho nitro benzene ring substituents is 1. The first-order valence-corrected chi connectivity index (χ1v) is 7.44. The van der Waals surface area contributed by atoms with E-state index in [0.29, 0.717) is 16.9 Å². The molecule has 24 heavy (non-hydrogen) atoms. The number of fused-ring (bicyclic) bond motifs is 1. The maximum atomic E-state index is 12.2. The van der Waals surface area contributed by atoms with E-state index < -0.39 is 4.92 Å². The van der Waals surface area contributed by atoms with Crippen LogP contribution >= 0.6 is 11.6 Å². The molecule has 0 saturated carbocycles. The molecule has 0 aliphatic rings. The molecule has 0 atom stereocenters. The van der Waals surface area contributed by atoms with Crippen molar-refractivity contribution < 1.29 is 4.92 Å². The van der Waals surface area contributed by atoms with Crippen LogP contribution in [0.2, 0.25) is 0 Å². The molecule has 2 aromatic heterocycles. The molecular weight excluding hydrogens is 330 g/mol. The Balaban J connectivity index is 2.06. The molecule has 1 aromatic carbocycles. The standard InChI is InChI=1S/C17H12ClN3O3/c1-11-5-6-16-19-15(9-17(22)20(16)10-11)14(18)8-12-3-2-4-13(7-12)21(23)24/h2-10H,1H3/b14-8-. The third-order valence-corrected chi connectivity index (χ3v) is 3.73. The van der Waals surface area contributed by atoms with Gasteiger partial charge in [-0.2, -0.15) is 0 Å². The molecule has 120 valence electrons. The first kappa shape index (κ1) is 15.9. The average Bonchev–Trinajstić information content (AvgIpc) is 2.55. The quantitative estimate of drug-likeness (QED) is 0.538. The SMILES string of the molecule is Cc1ccc2nc(/C(Cl)=C/c3cccc([N+](=O)[O-])c3)cc(=O)n2c1. The zero-order chi connectivity index (χ0) is 17.3. The van der Waals surface area contributed by atoms with Crippen molar-refractivity contribution >= 4 is 34.0 Å². The summed E-state index contributed by atoms with van der Waals surface area (Å²) in [7, 11) is 0. The van der Waals surface area contributed by atoms with Gasteiger partial charge in [0.15, 0.2) is 0 Å². The van der Waals surface area contributed by atoms with Crippen molar-refractivity contribution in [3.8, 4) is 0 Å². The van der Waals surface area contributed by atoms with Crippen LogP contribution in [0.4, 0.5) is 5.69 Å². The Kier molecular flexibility index (Phi) is 4.14. The Morgan fingerprint density at radius 3 is 2.83 bits per heavy atom. The van der Waals surface area contributed by atoms with Gasteiger partial charge in [0.2, 0.25) is 0 Å². The molecule has 3 rings (SSSR count). The first-order valence-electron chi connectivity index (χ1n) is 7.06. The van der Waals surface area contributed by atoms with E-state index in [2.05, 4.69) is 4.98 Å². The Bertz CT molecular complexity index is 1040. The minimum absolute atomic E-state index is 0.0322. The number of nitrogens with zero attached hydrogens (tertiary/aromatic N) is 3. The van der Waals surface area contributed by atoms with E-state index >= 15 is 0 Å². The van der Waals surface area contributed by atoms with Crippen LogP contribution in [0.15, 0.2) is 53.5 Å². The molecule has 0 bridgehead atoms. The van der Waals surface area contributed by atoms with Crippen molar-refractivity contribution in [2.75, 3.05) is 0 Å². The molecule has 0 aliphatic carbocycles. The predicted octanol–water partition coefficient (Wildman–Crippen LogP) is 3.65. The molecule has 7 heteroatoms. The highest BCUT2D eigenvalue weighted by atomic mass is 35.5. The Morgan fingerprint density at radius 2 is 2.08 bits per heavy atom. The minimum Gasteiger partial charge on any atom is -0.269 e. The molecule has 3 aromatic rings. The number of halogens is 1. The van der Waals surface area contributed by atoms with Crippen LogP contribution in [0.25, 0.3) is 16.8 Å². The maximum Gasteiger partial charge on any atom is 0.270 e. The van der Waals surface area contributed by atoms with Gasteiger partial charge in [0.05, 0.1) is 15.6 Å². The van der Waals surface area contributed by atoms with Gasteiger partial charge in [-0.15, -0.1) is 0 Å². The van der Waals surface area contributed by atoms with Gasteiger partial charge in [-0.1, -0.05) is 29.8 Å². The van der Waals surface area contributed by atoms with Gasteiger partial charge in [-0.3, -0.25) is 19.3 Å². The molecule has 0 radical (unpaired) electrons. The largest absolute Gasteiger partial charge is 0.270 e. The lowest BCUT2D eigenvalue weighted by molar-refractivity contribution is -0.384. The lowest BCUT2D eigenvalue weighted by Gasteiger charge is -2.04. The van der Waals surface area contributed by atoms with Gasteiger partial charge in [-0.25, -0.2) is 4.98 Å². The summed E-state index contributed by atoms with van der Waals surface area (Å²) in [6.07, 6.45) is 3.24. The van der Waals surface area contributed by atoms with Crippen molar-refractivity contribution in [3.05, 3.63) is 86.0 Å². The molecule has 0 unspecified atom stereocenters. The summed E-state index contributed by atoms with van der Waals surface area (Å²) in [6.45, 7) is 1.88. The van der Waals surface area contributed by atoms with Crippen LogP contribution in [0, 0.1) is 17.0 Å². The molecule has 0 spiro atoms. The molecule has 0 aliphatic heterocycles. The number of hydrogen-bond acceptors (Lipinski definition) is 4. The molecule has 0 amide bonds. The van der Waals surface area contributed by atoms with E-state index in [9.17, 15) is 14.9 Å². The van der Waals surface area contributed by atoms with Crippen LogP contribution in [0.5, 0.6) is 0 Å². The zero-order valence-electron chi connectivity index (χ0n) is 12.6. The molecule has 2 heterocycles. The van der Waals surface area contributed by atoms with Crippen LogP contribution in [0.3, 0.4) is 0 Å². The molecule has 0 fully saturated rings. The van der Waals surface area contributed by atoms with Crippen LogP contribution in [0.1, 0.15) is 16.8 Å². The van der Waals surface area contributed by atoms with Gasteiger partial charge < -0.3 is 0 Å². The first-order chi connectivity index (χ1) is 11.4. The Hall–Kier alpha value is -2.99. The molecular formula is C17H12ClN3O3. The normalized spacial score (nSPS) is 11.7. The second kappa shape index (κ2) is 6.25. The second-order valence-electron chi connectivity index (χ2n) is 5.26. The lowest BCUT2D eigenvalue weighted by atomic mass is 10.1. The number of aromatic nitrogens is 2. The monoisotopic (exact) mass is 341 g/mol. The highest BCUT2D eigenvalue weighted by Crippen LogP contribution is 2.22. The van der Waals surface area contributed by atoms with E-state index in [1.165, 1.54) is 22.6 Å². The van der Waals surface area contributed by atoms with Crippen molar-refractivity contribution in [2.45, 2.75) is 6.92 Å². The van der Waals surface area contributed by atoms with Gasteiger partial charge in [0.25, 0.3) is 11.2 Å². The number of aryl methyl sites for hydroxylation is 1. The molecule has 0 saturated heterocycles. The highest BCUT2D eigenvalue weighted by Gasteiger charge is 2.08. The van der Waals surface area contributed by atoms with Crippen molar-refractivity contribution in [2.24, 2.45) is 0 Å². The van der Waals surface area contributed by atoms with E-state index in [4.69, 9.17) is 11.6 Å². The zero-order valence-corrected chi connectivity index (χ0v) is 13.4. The summed E-state index contributed by atoms with van der Waals surface area (Å²) in [5, 5.41) is 11.1. The fourth-order valence-electron chi connectivity index (χ4n) is 2.28. The average molecular weight is 342 g/mol. The third-order valence-electron chi connectivity index (χ3n) is 3.43. The van der Waals surface area contributed by atoms with Crippen molar-refractivity contribution in [3.63, 3.8) is 0 Å².